The number of aromatic nitrogens is 1. The number of carbonyl (C=O) groups is 2. The van der Waals surface area contributed by atoms with Crippen LogP contribution in [0, 0.1) is 6.92 Å². The first kappa shape index (κ1) is 19.4. The van der Waals surface area contributed by atoms with E-state index in [1.54, 1.807) is 12.1 Å². The van der Waals surface area contributed by atoms with Gasteiger partial charge in [0, 0.05) is 28.1 Å². The first-order chi connectivity index (χ1) is 14.4. The number of ether oxygens (including phenoxy) is 1. The Morgan fingerprint density at radius 3 is 2.67 bits per heavy atom. The molecule has 6 rings (SSSR count). The molecule has 8 heteroatoms. The van der Waals surface area contributed by atoms with Crippen molar-refractivity contribution in [1.82, 2.24) is 15.8 Å². The van der Waals surface area contributed by atoms with E-state index in [1.165, 1.54) is 0 Å². The Bertz CT molecular complexity index is 1010. The van der Waals surface area contributed by atoms with Crippen LogP contribution in [0.1, 0.15) is 59.5 Å². The number of halogens is 1. The number of nitrogens with one attached hydrogen (secondary N) is 2. The maximum atomic E-state index is 12.7. The number of fused-ring (bicyclic) bond motifs is 1. The van der Waals surface area contributed by atoms with Crippen LogP contribution in [0.4, 0.5) is 0 Å². The van der Waals surface area contributed by atoms with Crippen molar-refractivity contribution >= 4 is 23.4 Å². The average molecular weight is 430 g/mol. The van der Waals surface area contributed by atoms with E-state index in [-0.39, 0.29) is 29.5 Å². The highest BCUT2D eigenvalue weighted by Crippen LogP contribution is 2.60. The fraction of sp³-hybridized carbons (Fsp3) is 0.500. The number of benzene rings is 1. The fourth-order valence-corrected chi connectivity index (χ4v) is 5.22. The van der Waals surface area contributed by atoms with Gasteiger partial charge in [0.1, 0.15) is 11.5 Å². The predicted octanol–water partition coefficient (Wildman–Crippen LogP) is 3.12. The molecule has 30 heavy (non-hydrogen) atoms. The number of rotatable bonds is 6. The third-order valence-electron chi connectivity index (χ3n) is 6.48. The lowest BCUT2D eigenvalue weighted by molar-refractivity contribution is -0.141. The molecule has 2 amide bonds. The van der Waals surface area contributed by atoms with Crippen molar-refractivity contribution in [2.24, 2.45) is 0 Å². The number of amides is 2. The highest BCUT2D eigenvalue weighted by atomic mass is 35.5. The second-order valence-electron chi connectivity index (χ2n) is 8.93. The van der Waals surface area contributed by atoms with Crippen molar-refractivity contribution in [2.75, 3.05) is 6.61 Å². The molecular formula is C22H24ClN3O4. The van der Waals surface area contributed by atoms with Gasteiger partial charge in [-0.15, -0.1) is 0 Å². The normalized spacial score (nSPS) is 26.1. The molecular weight excluding hydrogens is 406 g/mol. The smallest absolute Gasteiger partial charge is 0.274 e. The summed E-state index contributed by atoms with van der Waals surface area (Å²) in [7, 11) is 0. The van der Waals surface area contributed by atoms with Crippen LogP contribution in [0.15, 0.2) is 22.7 Å². The Kier molecular flexibility index (Phi) is 4.54. The van der Waals surface area contributed by atoms with Crippen molar-refractivity contribution in [2.45, 2.75) is 62.9 Å². The molecule has 0 aliphatic heterocycles. The molecule has 2 N–H and O–H groups in total. The van der Waals surface area contributed by atoms with Crippen LogP contribution in [0.2, 0.25) is 5.02 Å². The standard InChI is InChI=1S/C22H24ClN3O4/c1-13-8-14(6-7-16(13)23)29-9-18(27)24-21-10-22(11-21,12-21)25-20(28)19-15-4-2-3-5-17(15)30-26-19/h6-8H,2-5,9-12H2,1H3,(H,24,27)(H,25,28). The van der Waals surface area contributed by atoms with E-state index in [1.807, 2.05) is 13.0 Å². The molecule has 1 aromatic heterocycles. The molecule has 3 saturated carbocycles. The van der Waals surface area contributed by atoms with E-state index < -0.39 is 0 Å². The van der Waals surface area contributed by atoms with Crippen molar-refractivity contribution in [3.63, 3.8) is 0 Å². The molecule has 1 heterocycles. The number of nitrogens with zero attached hydrogens (tertiary/aromatic N) is 1. The van der Waals surface area contributed by atoms with Crippen molar-refractivity contribution < 1.29 is 18.8 Å². The topological polar surface area (TPSA) is 93.5 Å². The maximum Gasteiger partial charge on any atom is 0.274 e. The molecule has 2 aromatic rings. The van der Waals surface area contributed by atoms with Gasteiger partial charge in [-0.2, -0.15) is 0 Å². The van der Waals surface area contributed by atoms with Gasteiger partial charge in [-0.3, -0.25) is 9.59 Å². The molecule has 0 spiro atoms. The Balaban J connectivity index is 1.11. The lowest BCUT2D eigenvalue weighted by Crippen LogP contribution is -2.84. The van der Waals surface area contributed by atoms with Crippen LogP contribution in [0.25, 0.3) is 0 Å². The molecule has 0 radical (unpaired) electrons. The van der Waals surface area contributed by atoms with Crippen LogP contribution in [-0.2, 0) is 17.6 Å². The minimum absolute atomic E-state index is 0.0484. The molecule has 4 aliphatic rings. The number of aryl methyl sites for hydroxylation is 2. The van der Waals surface area contributed by atoms with Gasteiger partial charge in [0.2, 0.25) is 0 Å². The summed E-state index contributed by atoms with van der Waals surface area (Å²) >= 11 is 6.00. The third kappa shape index (κ3) is 3.35. The van der Waals surface area contributed by atoms with Crippen molar-refractivity contribution in [3.8, 4) is 5.75 Å². The SMILES string of the molecule is Cc1cc(OCC(=O)NC23CC(NC(=O)c4noc5c4CCCC5)(C2)C3)ccc1Cl. The third-order valence-corrected chi connectivity index (χ3v) is 6.90. The van der Waals surface area contributed by atoms with E-state index >= 15 is 0 Å². The number of hydrogen-bond donors (Lipinski definition) is 2. The van der Waals surface area contributed by atoms with E-state index in [2.05, 4.69) is 15.8 Å². The van der Waals surface area contributed by atoms with Crippen LogP contribution >= 0.6 is 11.6 Å². The summed E-state index contributed by atoms with van der Waals surface area (Å²) < 4.78 is 10.9. The zero-order chi connectivity index (χ0) is 20.9. The van der Waals surface area contributed by atoms with Gasteiger partial charge in [-0.1, -0.05) is 16.8 Å². The average Bonchev–Trinajstić information content (AvgIpc) is 3.10. The van der Waals surface area contributed by atoms with Gasteiger partial charge in [0.05, 0.1) is 0 Å². The van der Waals surface area contributed by atoms with Crippen molar-refractivity contribution in [3.05, 3.63) is 45.8 Å². The summed E-state index contributed by atoms with van der Waals surface area (Å²) in [5.74, 6) is 1.14. The Morgan fingerprint density at radius 2 is 1.90 bits per heavy atom. The summed E-state index contributed by atoms with van der Waals surface area (Å²) in [6.45, 7) is 1.84. The monoisotopic (exact) mass is 429 g/mol. The van der Waals surface area contributed by atoms with Gasteiger partial charge < -0.3 is 19.9 Å². The quantitative estimate of drug-likeness (QED) is 0.735. The Hall–Kier alpha value is -2.54. The highest BCUT2D eigenvalue weighted by molar-refractivity contribution is 6.31. The molecule has 3 fully saturated rings. The van der Waals surface area contributed by atoms with Crippen LogP contribution in [0.3, 0.4) is 0 Å². The highest BCUT2D eigenvalue weighted by Gasteiger charge is 2.69. The Morgan fingerprint density at radius 1 is 1.17 bits per heavy atom. The minimum atomic E-state index is -0.237. The van der Waals surface area contributed by atoms with E-state index in [9.17, 15) is 9.59 Å². The van der Waals surface area contributed by atoms with Gasteiger partial charge in [-0.25, -0.2) is 0 Å². The lowest BCUT2D eigenvalue weighted by atomic mass is 9.44. The maximum absolute atomic E-state index is 12.7. The summed E-state index contributed by atoms with van der Waals surface area (Å²) in [6, 6.07) is 5.31. The van der Waals surface area contributed by atoms with E-state index in [0.29, 0.717) is 16.5 Å². The fourth-order valence-electron chi connectivity index (χ4n) is 5.10. The van der Waals surface area contributed by atoms with Gasteiger partial charge in [0.15, 0.2) is 12.3 Å². The molecule has 0 saturated heterocycles. The van der Waals surface area contributed by atoms with Crippen LogP contribution in [-0.4, -0.2) is 34.7 Å². The molecule has 2 bridgehead atoms. The van der Waals surface area contributed by atoms with E-state index in [4.69, 9.17) is 20.9 Å². The first-order valence-electron chi connectivity index (χ1n) is 10.4. The zero-order valence-corrected chi connectivity index (χ0v) is 17.6. The summed E-state index contributed by atoms with van der Waals surface area (Å²) in [5.41, 5.74) is 1.83. The molecule has 1 aromatic carbocycles. The Labute approximate surface area is 179 Å². The number of hydrogen-bond acceptors (Lipinski definition) is 5. The second-order valence-corrected chi connectivity index (χ2v) is 9.34. The largest absolute Gasteiger partial charge is 0.484 e. The number of carbonyl (C=O) groups excluding carboxylic acids is 2. The molecule has 7 nitrogen and oxygen atoms in total. The van der Waals surface area contributed by atoms with Crippen molar-refractivity contribution in [1.29, 1.82) is 0 Å². The van der Waals surface area contributed by atoms with E-state index in [0.717, 1.165) is 61.8 Å². The summed E-state index contributed by atoms with van der Waals surface area (Å²) in [4.78, 5) is 25.0. The zero-order valence-electron chi connectivity index (χ0n) is 16.8. The molecule has 4 aliphatic carbocycles. The molecule has 158 valence electrons. The predicted molar refractivity (Wildman–Crippen MR) is 110 cm³/mol. The summed E-state index contributed by atoms with van der Waals surface area (Å²) in [6.07, 6.45) is 6.05. The molecule has 0 atom stereocenters. The van der Waals surface area contributed by atoms with Crippen LogP contribution in [0.5, 0.6) is 5.75 Å². The van der Waals surface area contributed by atoms with Gasteiger partial charge in [-0.05, 0) is 69.2 Å². The second kappa shape index (κ2) is 7.01. The lowest BCUT2D eigenvalue weighted by Gasteiger charge is -2.70. The first-order valence-corrected chi connectivity index (χ1v) is 10.7. The molecule has 0 unspecified atom stereocenters. The van der Waals surface area contributed by atoms with Crippen LogP contribution < -0.4 is 15.4 Å². The van der Waals surface area contributed by atoms with Gasteiger partial charge in [0.25, 0.3) is 11.8 Å². The summed E-state index contributed by atoms with van der Waals surface area (Å²) in [5, 5.41) is 10.9. The van der Waals surface area contributed by atoms with Gasteiger partial charge >= 0.3 is 0 Å². The minimum Gasteiger partial charge on any atom is -0.484 e.